The van der Waals surface area contributed by atoms with E-state index in [1.54, 1.807) is 6.42 Å². The van der Waals surface area contributed by atoms with Crippen molar-refractivity contribution in [2.75, 3.05) is 13.6 Å². The maximum Gasteiger partial charge on any atom is 0.0150 e. The molecule has 2 N–H and O–H groups in total. The van der Waals surface area contributed by atoms with Crippen molar-refractivity contribution in [3.05, 3.63) is 0 Å². The fourth-order valence-corrected chi connectivity index (χ4v) is 5.19. The summed E-state index contributed by atoms with van der Waals surface area (Å²) in [5.74, 6) is 4.17. The monoisotopic (exact) mass is 222 g/mol. The molecule has 0 saturated heterocycles. The lowest BCUT2D eigenvalue weighted by molar-refractivity contribution is -0.0581. The molecule has 0 aliphatic heterocycles. The Morgan fingerprint density at radius 3 is 2.00 bits per heavy atom. The van der Waals surface area contributed by atoms with Crippen molar-refractivity contribution in [2.45, 2.75) is 51.1 Å². The first-order valence-electron chi connectivity index (χ1n) is 7.09. The second-order valence-electron chi connectivity index (χ2n) is 6.84. The summed E-state index contributed by atoms with van der Waals surface area (Å²) in [7, 11) is 2.30. The van der Waals surface area contributed by atoms with Crippen molar-refractivity contribution in [1.29, 1.82) is 0 Å². The predicted octanol–water partition coefficient (Wildman–Crippen LogP) is 2.09. The van der Waals surface area contributed by atoms with Gasteiger partial charge in [-0.05, 0) is 69.7 Å². The van der Waals surface area contributed by atoms with Gasteiger partial charge in [0.15, 0.2) is 0 Å². The normalized spacial score (nSPS) is 47.6. The molecule has 92 valence electrons. The molecule has 0 aromatic carbocycles. The fraction of sp³-hybridized carbons (Fsp3) is 1.00. The third-order valence-corrected chi connectivity index (χ3v) is 5.26. The van der Waals surface area contributed by atoms with Crippen LogP contribution in [0.15, 0.2) is 0 Å². The van der Waals surface area contributed by atoms with Gasteiger partial charge < -0.3 is 10.6 Å². The summed E-state index contributed by atoms with van der Waals surface area (Å²) < 4.78 is 0. The lowest BCUT2D eigenvalue weighted by Gasteiger charge is -2.57. The second-order valence-corrected chi connectivity index (χ2v) is 6.84. The number of likely N-dealkylation sites (N-methyl/N-ethyl adjacent to an activating group) is 1. The van der Waals surface area contributed by atoms with Crippen molar-refractivity contribution in [1.82, 2.24) is 4.90 Å². The Hall–Kier alpha value is -0.0800. The predicted molar refractivity (Wildman–Crippen MR) is 67.1 cm³/mol. The van der Waals surface area contributed by atoms with Crippen LogP contribution in [0.1, 0.15) is 39.0 Å². The highest BCUT2D eigenvalue weighted by Gasteiger charge is 2.49. The van der Waals surface area contributed by atoms with E-state index in [0.717, 1.165) is 36.3 Å². The molecule has 4 saturated carbocycles. The summed E-state index contributed by atoms with van der Waals surface area (Å²) in [6.07, 6.45) is 7.61. The molecule has 4 fully saturated rings. The maximum absolute atomic E-state index is 5.94. The Balaban J connectivity index is 1.71. The Kier molecular flexibility index (Phi) is 2.75. The van der Waals surface area contributed by atoms with E-state index in [0.29, 0.717) is 6.04 Å². The second kappa shape index (κ2) is 3.99. The Labute approximate surface area is 99.6 Å². The number of hydrogen-bond donors (Lipinski definition) is 1. The van der Waals surface area contributed by atoms with Crippen LogP contribution < -0.4 is 5.73 Å². The molecule has 1 atom stereocenters. The first kappa shape index (κ1) is 11.0. The highest BCUT2D eigenvalue weighted by molar-refractivity contribution is 5.01. The maximum atomic E-state index is 5.94. The van der Waals surface area contributed by atoms with Gasteiger partial charge in [-0.3, -0.25) is 0 Å². The van der Waals surface area contributed by atoms with Gasteiger partial charge in [-0.1, -0.05) is 0 Å². The minimum Gasteiger partial charge on any atom is -0.327 e. The molecule has 4 rings (SSSR count). The van der Waals surface area contributed by atoms with E-state index in [4.69, 9.17) is 5.73 Å². The van der Waals surface area contributed by atoms with Gasteiger partial charge in [0.2, 0.25) is 0 Å². The van der Waals surface area contributed by atoms with Gasteiger partial charge in [0.25, 0.3) is 0 Å². The smallest absolute Gasteiger partial charge is 0.0150 e. The lowest BCUT2D eigenvalue weighted by atomic mass is 9.54. The largest absolute Gasteiger partial charge is 0.327 e. The van der Waals surface area contributed by atoms with E-state index in [9.17, 15) is 0 Å². The number of nitrogens with zero attached hydrogens (tertiary/aromatic N) is 1. The summed E-state index contributed by atoms with van der Waals surface area (Å²) in [5.41, 5.74) is 5.94. The molecular weight excluding hydrogens is 196 g/mol. The first-order chi connectivity index (χ1) is 7.63. The summed E-state index contributed by atoms with van der Waals surface area (Å²) in [6, 6.07) is 1.18. The fourth-order valence-electron chi connectivity index (χ4n) is 5.19. The van der Waals surface area contributed by atoms with Gasteiger partial charge in [0, 0.05) is 18.6 Å². The van der Waals surface area contributed by atoms with Crippen LogP contribution in [-0.2, 0) is 0 Å². The van der Waals surface area contributed by atoms with Crippen molar-refractivity contribution in [3.63, 3.8) is 0 Å². The Bertz CT molecular complexity index is 233. The lowest BCUT2D eigenvalue weighted by Crippen LogP contribution is -2.56. The molecule has 4 aliphatic carbocycles. The van der Waals surface area contributed by atoms with E-state index < -0.39 is 0 Å². The van der Waals surface area contributed by atoms with E-state index in [1.165, 1.54) is 25.7 Å². The third kappa shape index (κ3) is 1.80. The summed E-state index contributed by atoms with van der Waals surface area (Å²) in [5, 5.41) is 0. The molecule has 0 aromatic heterocycles. The minimum absolute atomic E-state index is 0.321. The van der Waals surface area contributed by atoms with E-state index >= 15 is 0 Å². The van der Waals surface area contributed by atoms with Gasteiger partial charge in [-0.15, -0.1) is 0 Å². The number of rotatable bonds is 3. The van der Waals surface area contributed by atoms with Crippen LogP contribution in [0.25, 0.3) is 0 Å². The number of hydrogen-bond acceptors (Lipinski definition) is 2. The molecule has 2 nitrogen and oxygen atoms in total. The molecule has 0 amide bonds. The van der Waals surface area contributed by atoms with Crippen LogP contribution in [0.3, 0.4) is 0 Å². The van der Waals surface area contributed by atoms with Gasteiger partial charge in [0.1, 0.15) is 0 Å². The molecule has 4 aliphatic rings. The van der Waals surface area contributed by atoms with Gasteiger partial charge in [-0.2, -0.15) is 0 Å². The third-order valence-electron chi connectivity index (χ3n) is 5.26. The molecule has 0 radical (unpaired) electrons. The van der Waals surface area contributed by atoms with Crippen molar-refractivity contribution in [2.24, 2.45) is 29.4 Å². The van der Waals surface area contributed by atoms with Gasteiger partial charge in [0.05, 0.1) is 0 Å². The molecule has 0 spiro atoms. The molecule has 2 heteroatoms. The van der Waals surface area contributed by atoms with Crippen molar-refractivity contribution < 1.29 is 0 Å². The topological polar surface area (TPSA) is 29.3 Å². The molecule has 16 heavy (non-hydrogen) atoms. The SMILES string of the molecule is CC(N)CN(C)C1C2CC3CC(C2)CC1C3. The highest BCUT2D eigenvalue weighted by atomic mass is 15.2. The van der Waals surface area contributed by atoms with Crippen molar-refractivity contribution in [3.8, 4) is 0 Å². The van der Waals surface area contributed by atoms with Crippen LogP contribution in [0.4, 0.5) is 0 Å². The average molecular weight is 222 g/mol. The first-order valence-corrected chi connectivity index (χ1v) is 7.09. The van der Waals surface area contributed by atoms with Crippen LogP contribution in [0.2, 0.25) is 0 Å². The van der Waals surface area contributed by atoms with Crippen LogP contribution in [0.5, 0.6) is 0 Å². The highest BCUT2D eigenvalue weighted by Crippen LogP contribution is 2.54. The van der Waals surface area contributed by atoms with Crippen LogP contribution in [-0.4, -0.2) is 30.6 Å². The van der Waals surface area contributed by atoms with Crippen LogP contribution >= 0.6 is 0 Å². The van der Waals surface area contributed by atoms with E-state index in [2.05, 4.69) is 18.9 Å². The summed E-state index contributed by atoms with van der Waals surface area (Å²) >= 11 is 0. The van der Waals surface area contributed by atoms with E-state index in [1.807, 2.05) is 0 Å². The minimum atomic E-state index is 0.321. The summed E-state index contributed by atoms with van der Waals surface area (Å²) in [4.78, 5) is 2.58. The molecule has 0 aromatic rings. The zero-order chi connectivity index (χ0) is 11.3. The Morgan fingerprint density at radius 1 is 1.06 bits per heavy atom. The van der Waals surface area contributed by atoms with E-state index in [-0.39, 0.29) is 0 Å². The molecule has 4 bridgehead atoms. The Morgan fingerprint density at radius 2 is 1.56 bits per heavy atom. The number of nitrogens with two attached hydrogens (primary N) is 1. The quantitative estimate of drug-likeness (QED) is 0.792. The molecule has 1 unspecified atom stereocenters. The van der Waals surface area contributed by atoms with Crippen LogP contribution in [0, 0.1) is 23.7 Å². The summed E-state index contributed by atoms with van der Waals surface area (Å²) in [6.45, 7) is 3.21. The zero-order valence-corrected chi connectivity index (χ0v) is 10.7. The zero-order valence-electron chi connectivity index (χ0n) is 10.7. The van der Waals surface area contributed by atoms with Gasteiger partial charge in [-0.25, -0.2) is 0 Å². The van der Waals surface area contributed by atoms with Gasteiger partial charge >= 0.3 is 0 Å². The standard InChI is InChI=1S/C14H26N2/c1-9(15)8-16(2)14-12-4-10-3-11(6-12)7-13(14)5-10/h9-14H,3-8,15H2,1-2H3. The average Bonchev–Trinajstić information content (AvgIpc) is 2.13. The molecule has 0 heterocycles. The van der Waals surface area contributed by atoms with Crippen molar-refractivity contribution >= 4 is 0 Å². The molecular formula is C14H26N2.